The van der Waals surface area contributed by atoms with Crippen LogP contribution in [0.5, 0.6) is 0 Å². The van der Waals surface area contributed by atoms with Crippen LogP contribution in [0.25, 0.3) is 0 Å². The maximum atomic E-state index is 13.2. The molecule has 3 aromatic rings. The summed E-state index contributed by atoms with van der Waals surface area (Å²) in [5.74, 6) is 0.650. The van der Waals surface area contributed by atoms with Crippen LogP contribution in [0.3, 0.4) is 0 Å². The molecule has 0 aliphatic heterocycles. The average Bonchev–Trinajstić information content (AvgIpc) is 2.99. The average molecular weight is 342 g/mol. The molecule has 0 aliphatic rings. The molecule has 1 aromatic heterocycles. The Labute approximate surface area is 143 Å². The third-order valence-corrected chi connectivity index (χ3v) is 4.36. The lowest BCUT2D eigenvalue weighted by atomic mass is 10.2. The van der Waals surface area contributed by atoms with E-state index in [9.17, 15) is 9.18 Å². The van der Waals surface area contributed by atoms with Crippen LogP contribution < -0.4 is 5.32 Å². The number of nitrogens with zero attached hydrogens (tertiary/aromatic N) is 1. The molecular weight excluding hydrogens is 327 g/mol. The van der Waals surface area contributed by atoms with E-state index in [1.165, 1.54) is 23.9 Å². The van der Waals surface area contributed by atoms with Gasteiger partial charge in [-0.25, -0.2) is 4.39 Å². The summed E-state index contributed by atoms with van der Waals surface area (Å²) in [5.41, 5.74) is 1.77. The van der Waals surface area contributed by atoms with Crippen LogP contribution in [0.4, 0.5) is 10.1 Å². The molecule has 1 N–H and O–H groups in total. The molecule has 3 rings (SSSR count). The second-order valence-corrected chi connectivity index (χ2v) is 6.20. The number of aromatic nitrogens is 1. The number of hydrogen-bond donors (Lipinski definition) is 1. The molecule has 0 unspecified atom stereocenters. The van der Waals surface area contributed by atoms with Crippen LogP contribution in [-0.2, 0) is 5.75 Å². The molecule has 6 heteroatoms. The summed E-state index contributed by atoms with van der Waals surface area (Å²) in [6, 6.07) is 14.9. The van der Waals surface area contributed by atoms with Crippen molar-refractivity contribution in [1.29, 1.82) is 0 Å². The van der Waals surface area contributed by atoms with E-state index in [1.54, 1.807) is 24.3 Å². The number of thioether (sulfide) groups is 1. The summed E-state index contributed by atoms with van der Waals surface area (Å²) in [6.07, 6.45) is 0. The molecule has 2 aromatic carbocycles. The van der Waals surface area contributed by atoms with Gasteiger partial charge in [0.25, 0.3) is 5.91 Å². The number of nitrogens with one attached hydrogen (secondary N) is 1. The molecule has 0 aliphatic carbocycles. The first-order valence-corrected chi connectivity index (χ1v) is 8.31. The Bertz CT molecular complexity index is 863. The highest BCUT2D eigenvalue weighted by molar-refractivity contribution is 7.98. The second-order valence-electron chi connectivity index (χ2n) is 5.18. The highest BCUT2D eigenvalue weighted by atomic mass is 32.2. The van der Waals surface area contributed by atoms with Gasteiger partial charge in [-0.2, -0.15) is 0 Å². The van der Waals surface area contributed by atoms with E-state index in [1.807, 2.05) is 25.1 Å². The number of hydrogen-bond acceptors (Lipinski definition) is 4. The van der Waals surface area contributed by atoms with E-state index in [-0.39, 0.29) is 5.91 Å². The Balaban J connectivity index is 1.74. The monoisotopic (exact) mass is 342 g/mol. The molecule has 0 spiro atoms. The molecule has 1 heterocycles. The lowest BCUT2D eigenvalue weighted by molar-refractivity contribution is 0.102. The van der Waals surface area contributed by atoms with Gasteiger partial charge in [-0.3, -0.25) is 4.79 Å². The lowest BCUT2D eigenvalue weighted by Crippen LogP contribution is -2.13. The van der Waals surface area contributed by atoms with Gasteiger partial charge in [0.15, 0.2) is 0 Å². The summed E-state index contributed by atoms with van der Waals surface area (Å²) in [7, 11) is 0. The first-order valence-electron chi connectivity index (χ1n) is 7.33. The molecular formula is C18H15FN2O2S. The molecule has 0 saturated carbocycles. The minimum atomic E-state index is -0.392. The van der Waals surface area contributed by atoms with Crippen LogP contribution in [0.1, 0.15) is 21.8 Å². The second kappa shape index (κ2) is 7.31. The standard InChI is InChI=1S/C18H15FN2O2S/c1-12-9-15(23-21-12)11-24-17-8-3-2-7-16(17)18(22)20-14-6-4-5-13(19)10-14/h2-10H,11H2,1H3,(H,20,22). The molecule has 4 nitrogen and oxygen atoms in total. The van der Waals surface area contributed by atoms with Gasteiger partial charge >= 0.3 is 0 Å². The number of rotatable bonds is 5. The first kappa shape index (κ1) is 16.3. The highest BCUT2D eigenvalue weighted by Crippen LogP contribution is 2.27. The number of aryl methyl sites for hydroxylation is 1. The van der Waals surface area contributed by atoms with Crippen LogP contribution >= 0.6 is 11.8 Å². The molecule has 0 fully saturated rings. The largest absolute Gasteiger partial charge is 0.360 e. The Morgan fingerprint density at radius 1 is 1.21 bits per heavy atom. The number of amides is 1. The minimum absolute atomic E-state index is 0.280. The van der Waals surface area contributed by atoms with Gasteiger partial charge in [-0.05, 0) is 37.3 Å². The normalized spacial score (nSPS) is 10.6. The Kier molecular flexibility index (Phi) is 4.96. The zero-order valence-corrected chi connectivity index (χ0v) is 13.8. The third-order valence-electron chi connectivity index (χ3n) is 3.26. The molecule has 0 atom stereocenters. The topological polar surface area (TPSA) is 55.1 Å². The molecule has 24 heavy (non-hydrogen) atoms. The van der Waals surface area contributed by atoms with Gasteiger partial charge in [0.2, 0.25) is 0 Å². The van der Waals surface area contributed by atoms with Crippen LogP contribution in [-0.4, -0.2) is 11.1 Å². The summed E-state index contributed by atoms with van der Waals surface area (Å²) in [6.45, 7) is 1.86. The number of carbonyl (C=O) groups is 1. The van der Waals surface area contributed by atoms with E-state index < -0.39 is 5.82 Å². The third kappa shape index (κ3) is 4.02. The van der Waals surface area contributed by atoms with Gasteiger partial charge in [0, 0.05) is 16.6 Å². The fraction of sp³-hybridized carbons (Fsp3) is 0.111. The van der Waals surface area contributed by atoms with Crippen molar-refractivity contribution >= 4 is 23.4 Å². The van der Waals surface area contributed by atoms with Gasteiger partial charge in [0.05, 0.1) is 17.0 Å². The van der Waals surface area contributed by atoms with Crippen molar-refractivity contribution in [3.8, 4) is 0 Å². The minimum Gasteiger partial charge on any atom is -0.360 e. The number of benzene rings is 2. The fourth-order valence-corrected chi connectivity index (χ4v) is 3.10. The number of carbonyl (C=O) groups excluding carboxylic acids is 1. The quantitative estimate of drug-likeness (QED) is 0.685. The van der Waals surface area contributed by atoms with Gasteiger partial charge in [-0.1, -0.05) is 23.4 Å². The zero-order valence-electron chi connectivity index (χ0n) is 13.0. The van der Waals surface area contributed by atoms with E-state index >= 15 is 0 Å². The smallest absolute Gasteiger partial charge is 0.256 e. The predicted molar refractivity (Wildman–Crippen MR) is 91.6 cm³/mol. The van der Waals surface area contributed by atoms with Crippen molar-refractivity contribution in [3.63, 3.8) is 0 Å². The summed E-state index contributed by atoms with van der Waals surface area (Å²) in [5, 5.41) is 6.56. The number of anilines is 1. The van der Waals surface area contributed by atoms with Crippen molar-refractivity contribution in [3.05, 3.63) is 77.4 Å². The maximum absolute atomic E-state index is 13.2. The van der Waals surface area contributed by atoms with Crippen molar-refractivity contribution in [2.45, 2.75) is 17.6 Å². The Morgan fingerprint density at radius 2 is 2.04 bits per heavy atom. The predicted octanol–water partition coefficient (Wildman–Crippen LogP) is 4.67. The highest BCUT2D eigenvalue weighted by Gasteiger charge is 2.13. The Morgan fingerprint density at radius 3 is 2.79 bits per heavy atom. The van der Waals surface area contributed by atoms with Gasteiger partial charge < -0.3 is 9.84 Å². The van der Waals surface area contributed by atoms with Gasteiger partial charge in [0.1, 0.15) is 11.6 Å². The van der Waals surface area contributed by atoms with E-state index in [4.69, 9.17) is 4.52 Å². The summed E-state index contributed by atoms with van der Waals surface area (Å²) < 4.78 is 18.4. The van der Waals surface area contributed by atoms with Crippen molar-refractivity contribution < 1.29 is 13.7 Å². The van der Waals surface area contributed by atoms with E-state index in [0.29, 0.717) is 17.0 Å². The summed E-state index contributed by atoms with van der Waals surface area (Å²) >= 11 is 1.49. The molecule has 1 amide bonds. The SMILES string of the molecule is Cc1cc(CSc2ccccc2C(=O)Nc2cccc(F)c2)on1. The van der Waals surface area contributed by atoms with Crippen LogP contribution in [0, 0.1) is 12.7 Å². The number of halogens is 1. The lowest BCUT2D eigenvalue weighted by Gasteiger charge is -2.09. The van der Waals surface area contributed by atoms with Crippen LogP contribution in [0.15, 0.2) is 64.0 Å². The van der Waals surface area contributed by atoms with Crippen molar-refractivity contribution in [2.24, 2.45) is 0 Å². The van der Waals surface area contributed by atoms with Crippen molar-refractivity contribution in [2.75, 3.05) is 5.32 Å². The van der Waals surface area contributed by atoms with E-state index in [2.05, 4.69) is 10.5 Å². The molecule has 0 radical (unpaired) electrons. The molecule has 0 bridgehead atoms. The first-order chi connectivity index (χ1) is 11.6. The Hall–Kier alpha value is -2.60. The van der Waals surface area contributed by atoms with Crippen LogP contribution in [0.2, 0.25) is 0 Å². The van der Waals surface area contributed by atoms with E-state index in [0.717, 1.165) is 16.3 Å². The molecule has 0 saturated heterocycles. The fourth-order valence-electron chi connectivity index (χ4n) is 2.18. The van der Waals surface area contributed by atoms with Gasteiger partial charge in [-0.15, -0.1) is 11.8 Å². The summed E-state index contributed by atoms with van der Waals surface area (Å²) in [4.78, 5) is 13.3. The molecule has 122 valence electrons. The zero-order chi connectivity index (χ0) is 16.9. The van der Waals surface area contributed by atoms with Crippen molar-refractivity contribution in [1.82, 2.24) is 5.16 Å². The maximum Gasteiger partial charge on any atom is 0.256 e.